The summed E-state index contributed by atoms with van der Waals surface area (Å²) in [6, 6.07) is -1.35. The highest BCUT2D eigenvalue weighted by Crippen LogP contribution is 2.38. The van der Waals surface area contributed by atoms with Gasteiger partial charge in [-0.25, -0.2) is 24.3 Å². The van der Waals surface area contributed by atoms with E-state index in [2.05, 4.69) is 27.4 Å². The number of piperidine rings is 1. The fourth-order valence-corrected chi connectivity index (χ4v) is 4.50. The lowest BCUT2D eigenvalue weighted by Crippen LogP contribution is -2.47. The van der Waals surface area contributed by atoms with Gasteiger partial charge in [-0.15, -0.1) is 10.2 Å². The molecular formula is C25H39N7O7. The Balaban J connectivity index is 1.49. The summed E-state index contributed by atoms with van der Waals surface area (Å²) >= 11 is 0. The molecule has 14 nitrogen and oxygen atoms in total. The SMILES string of the molecule is CCCCON1C(=O)N2C[C@@H]1CC[C@H]2c1nnc(C2CN(C(=O)OC(C)(C)C)C(NC(=O)OC(C)(C)C)=N2)o1. The van der Waals surface area contributed by atoms with E-state index in [1.807, 2.05) is 0 Å². The molecule has 1 unspecified atom stereocenters. The Kier molecular flexibility index (Phi) is 8.05. The van der Waals surface area contributed by atoms with Crippen molar-refractivity contribution in [3.05, 3.63) is 11.8 Å². The predicted octanol–water partition coefficient (Wildman–Crippen LogP) is 3.91. The van der Waals surface area contributed by atoms with Gasteiger partial charge in [-0.05, 0) is 60.8 Å². The molecule has 1 aromatic rings. The highest BCUT2D eigenvalue weighted by molar-refractivity contribution is 6.02. The summed E-state index contributed by atoms with van der Waals surface area (Å²) in [4.78, 5) is 51.5. The van der Waals surface area contributed by atoms with Crippen LogP contribution in [0.1, 0.15) is 98.0 Å². The number of unbranched alkanes of at least 4 members (excludes halogenated alkanes) is 1. The average Bonchev–Trinajstić information content (AvgIpc) is 3.51. The second kappa shape index (κ2) is 11.0. The number of carbonyl (C=O) groups excluding carboxylic acids is 3. The number of fused-ring (bicyclic) bond motifs is 2. The number of aromatic nitrogens is 2. The number of hydrogen-bond acceptors (Lipinski definition) is 10. The van der Waals surface area contributed by atoms with Crippen LogP contribution in [0, 0.1) is 0 Å². The first kappa shape index (κ1) is 28.6. The molecule has 2 saturated heterocycles. The summed E-state index contributed by atoms with van der Waals surface area (Å²) in [5, 5.41) is 12.4. The van der Waals surface area contributed by atoms with E-state index in [0.717, 1.165) is 19.3 Å². The summed E-state index contributed by atoms with van der Waals surface area (Å²) < 4.78 is 16.8. The summed E-state index contributed by atoms with van der Waals surface area (Å²) in [6.45, 7) is 13.5. The lowest BCUT2D eigenvalue weighted by atomic mass is 10.0. The molecule has 0 aromatic carbocycles. The first-order valence-electron chi connectivity index (χ1n) is 13.4. The molecular weight excluding hydrogens is 510 g/mol. The number of guanidine groups is 1. The number of nitrogens with zero attached hydrogens (tertiary/aromatic N) is 6. The summed E-state index contributed by atoms with van der Waals surface area (Å²) in [7, 11) is 0. The number of rotatable bonds is 6. The van der Waals surface area contributed by atoms with Gasteiger partial charge in [0.15, 0.2) is 0 Å². The van der Waals surface area contributed by atoms with Gasteiger partial charge >= 0.3 is 18.2 Å². The van der Waals surface area contributed by atoms with Crippen LogP contribution in [0.3, 0.4) is 0 Å². The quantitative estimate of drug-likeness (QED) is 0.520. The monoisotopic (exact) mass is 549 g/mol. The van der Waals surface area contributed by atoms with E-state index >= 15 is 0 Å². The van der Waals surface area contributed by atoms with Crippen LogP contribution in [0.5, 0.6) is 0 Å². The molecule has 1 aromatic heterocycles. The lowest BCUT2D eigenvalue weighted by Gasteiger charge is -2.27. The van der Waals surface area contributed by atoms with E-state index in [0.29, 0.717) is 25.5 Å². The fraction of sp³-hybridized carbons (Fsp3) is 0.760. The second-order valence-electron chi connectivity index (χ2n) is 11.9. The zero-order valence-corrected chi connectivity index (χ0v) is 23.7. The first-order valence-corrected chi connectivity index (χ1v) is 13.4. The molecule has 0 spiro atoms. The van der Waals surface area contributed by atoms with Gasteiger partial charge in [0.1, 0.15) is 23.3 Å². The third kappa shape index (κ3) is 6.78. The number of nitrogens with one attached hydrogen (secondary N) is 1. The zero-order chi connectivity index (χ0) is 28.5. The van der Waals surface area contributed by atoms with E-state index in [-0.39, 0.29) is 36.5 Å². The van der Waals surface area contributed by atoms with Crippen molar-refractivity contribution in [1.29, 1.82) is 0 Å². The van der Waals surface area contributed by atoms with Gasteiger partial charge in [0.25, 0.3) is 0 Å². The van der Waals surface area contributed by atoms with Gasteiger partial charge in [0.05, 0.1) is 19.2 Å². The van der Waals surface area contributed by atoms with Crippen LogP contribution in [0.25, 0.3) is 0 Å². The van der Waals surface area contributed by atoms with E-state index < -0.39 is 29.4 Å². The van der Waals surface area contributed by atoms with Gasteiger partial charge in [-0.3, -0.25) is 10.2 Å². The Morgan fingerprint density at radius 2 is 1.72 bits per heavy atom. The van der Waals surface area contributed by atoms with Crippen molar-refractivity contribution >= 4 is 24.2 Å². The molecule has 3 atom stereocenters. The second-order valence-corrected chi connectivity index (χ2v) is 11.9. The maximum atomic E-state index is 13.0. The molecule has 4 amide bonds. The molecule has 2 fully saturated rings. The van der Waals surface area contributed by atoms with E-state index in [1.165, 1.54) is 9.96 Å². The van der Waals surface area contributed by atoms with Crippen LogP contribution in [0.15, 0.2) is 9.41 Å². The minimum absolute atomic E-state index is 0.00342. The maximum absolute atomic E-state index is 13.0. The molecule has 0 radical (unpaired) electrons. The van der Waals surface area contributed by atoms with Gasteiger partial charge in [0, 0.05) is 6.54 Å². The van der Waals surface area contributed by atoms with Crippen LogP contribution in [-0.2, 0) is 14.3 Å². The Morgan fingerprint density at radius 3 is 2.38 bits per heavy atom. The Bertz CT molecular complexity index is 1110. The highest BCUT2D eigenvalue weighted by atomic mass is 16.7. The third-order valence-electron chi connectivity index (χ3n) is 6.19. The minimum Gasteiger partial charge on any atom is -0.444 e. The van der Waals surface area contributed by atoms with Crippen molar-refractivity contribution in [3.63, 3.8) is 0 Å². The molecule has 3 aliphatic heterocycles. The number of alkyl carbamates (subject to hydrolysis) is 1. The largest absolute Gasteiger partial charge is 0.444 e. The Hall–Kier alpha value is -3.42. The molecule has 3 aliphatic rings. The molecule has 4 heterocycles. The predicted molar refractivity (Wildman–Crippen MR) is 137 cm³/mol. The molecule has 0 saturated carbocycles. The highest BCUT2D eigenvalue weighted by Gasteiger charge is 2.48. The molecule has 216 valence electrons. The van der Waals surface area contributed by atoms with Crippen molar-refractivity contribution in [3.8, 4) is 0 Å². The molecule has 2 bridgehead atoms. The Labute approximate surface area is 228 Å². The topological polar surface area (TPSA) is 152 Å². The number of carbonyl (C=O) groups is 3. The van der Waals surface area contributed by atoms with Crippen LogP contribution in [0.2, 0.25) is 0 Å². The van der Waals surface area contributed by atoms with E-state index in [4.69, 9.17) is 18.7 Å². The molecule has 0 aliphatic carbocycles. The fourth-order valence-electron chi connectivity index (χ4n) is 4.50. The standard InChI is InChI=1S/C25H39N7O7/c1-8-9-12-36-32-15-10-11-17(30(13-15)22(32)34)19-29-28-18(37-19)16-14-31(23(35)39-25(5,6)7)20(26-16)27-21(33)38-24(2,3)4/h15-17H,8-14H2,1-7H3,(H,26,27,33)/t15-,16?,17-/m0/s1. The van der Waals surface area contributed by atoms with Crippen molar-refractivity contribution in [2.45, 2.75) is 103 Å². The smallest absolute Gasteiger partial charge is 0.417 e. The number of ether oxygens (including phenoxy) is 2. The summed E-state index contributed by atoms with van der Waals surface area (Å²) in [6.07, 6.45) is 1.79. The molecule has 39 heavy (non-hydrogen) atoms. The van der Waals surface area contributed by atoms with Crippen molar-refractivity contribution in [1.82, 2.24) is 30.4 Å². The van der Waals surface area contributed by atoms with E-state index in [9.17, 15) is 14.4 Å². The Morgan fingerprint density at radius 1 is 1.03 bits per heavy atom. The third-order valence-corrected chi connectivity index (χ3v) is 6.19. The maximum Gasteiger partial charge on any atom is 0.417 e. The number of amides is 4. The van der Waals surface area contributed by atoms with Crippen LogP contribution < -0.4 is 5.32 Å². The molecule has 4 rings (SSSR count). The molecule has 1 N–H and O–H groups in total. The number of urea groups is 1. The summed E-state index contributed by atoms with van der Waals surface area (Å²) in [5.41, 5.74) is -1.51. The summed E-state index contributed by atoms with van der Waals surface area (Å²) in [5.74, 6) is 0.405. The van der Waals surface area contributed by atoms with Gasteiger partial charge < -0.3 is 18.8 Å². The van der Waals surface area contributed by atoms with Crippen LogP contribution in [-0.4, -0.2) is 86.2 Å². The normalized spacial score (nSPS) is 23.3. The van der Waals surface area contributed by atoms with Crippen LogP contribution >= 0.6 is 0 Å². The zero-order valence-electron chi connectivity index (χ0n) is 23.7. The average molecular weight is 550 g/mol. The first-order chi connectivity index (χ1) is 18.3. The van der Waals surface area contributed by atoms with Crippen molar-refractivity contribution in [2.75, 3.05) is 19.7 Å². The van der Waals surface area contributed by atoms with Crippen molar-refractivity contribution in [2.24, 2.45) is 4.99 Å². The number of hydrogen-bond donors (Lipinski definition) is 1. The van der Waals surface area contributed by atoms with Gasteiger partial charge in [-0.2, -0.15) is 5.06 Å². The molecule has 14 heteroatoms. The van der Waals surface area contributed by atoms with Crippen LogP contribution in [0.4, 0.5) is 14.4 Å². The van der Waals surface area contributed by atoms with Gasteiger partial charge in [-0.1, -0.05) is 13.3 Å². The number of aliphatic imine (C=N–C) groups is 1. The van der Waals surface area contributed by atoms with Gasteiger partial charge in [0.2, 0.25) is 17.7 Å². The lowest BCUT2D eigenvalue weighted by molar-refractivity contribution is -0.130. The van der Waals surface area contributed by atoms with Crippen molar-refractivity contribution < 1.29 is 33.1 Å². The van der Waals surface area contributed by atoms with E-state index in [1.54, 1.807) is 46.4 Å². The number of hydroxylamine groups is 2. The minimum atomic E-state index is -0.767.